The number of carbonyl (C=O) groups is 1. The van der Waals surface area contributed by atoms with E-state index in [0.717, 1.165) is 5.56 Å². The predicted molar refractivity (Wildman–Crippen MR) is 73.0 cm³/mol. The first-order chi connectivity index (χ1) is 9.61. The summed E-state index contributed by atoms with van der Waals surface area (Å²) in [5.74, 6) is 1.35. The molecule has 0 spiro atoms. The third kappa shape index (κ3) is 2.57. The summed E-state index contributed by atoms with van der Waals surface area (Å²) in [5.41, 5.74) is 2.36. The highest BCUT2D eigenvalue weighted by Gasteiger charge is 2.33. The van der Waals surface area contributed by atoms with Gasteiger partial charge >= 0.3 is 0 Å². The van der Waals surface area contributed by atoms with Crippen molar-refractivity contribution in [3.05, 3.63) is 47.1 Å². The molecular formula is C15H17N3O2. The number of amides is 1. The molecule has 0 radical (unpaired) electrons. The zero-order chi connectivity index (χ0) is 14.1. The first-order valence-electron chi connectivity index (χ1n) is 6.75. The molecule has 20 heavy (non-hydrogen) atoms. The number of hydrogen-bond donors (Lipinski definition) is 0. The van der Waals surface area contributed by atoms with Gasteiger partial charge in [-0.15, -0.1) is 0 Å². The van der Waals surface area contributed by atoms with E-state index in [-0.39, 0.29) is 11.8 Å². The minimum atomic E-state index is 0.0218. The van der Waals surface area contributed by atoms with Crippen molar-refractivity contribution in [2.75, 3.05) is 6.54 Å². The highest BCUT2D eigenvalue weighted by atomic mass is 16.5. The third-order valence-electron chi connectivity index (χ3n) is 3.56. The normalized spacial score (nSPS) is 18.8. The van der Waals surface area contributed by atoms with Crippen molar-refractivity contribution >= 4 is 5.91 Å². The van der Waals surface area contributed by atoms with Crippen LogP contribution in [-0.2, 0) is 11.3 Å². The second-order valence-corrected chi connectivity index (χ2v) is 5.34. The Morgan fingerprint density at radius 2 is 2.25 bits per heavy atom. The summed E-state index contributed by atoms with van der Waals surface area (Å²) in [5, 5.41) is 3.79. The molecule has 0 bridgehead atoms. The van der Waals surface area contributed by atoms with Gasteiger partial charge in [-0.2, -0.15) is 4.98 Å². The Bertz CT molecular complexity index is 636. The average Bonchev–Trinajstić information content (AvgIpc) is 2.97. The molecule has 3 rings (SSSR count). The Labute approximate surface area is 117 Å². The lowest BCUT2D eigenvalue weighted by Gasteiger charge is -2.16. The lowest BCUT2D eigenvalue weighted by molar-refractivity contribution is -0.128. The monoisotopic (exact) mass is 271 g/mol. The molecule has 0 N–H and O–H groups in total. The fraction of sp³-hybridized carbons (Fsp3) is 0.400. The Balaban J connectivity index is 1.71. The third-order valence-corrected chi connectivity index (χ3v) is 3.56. The van der Waals surface area contributed by atoms with Gasteiger partial charge in [0.1, 0.15) is 0 Å². The van der Waals surface area contributed by atoms with Crippen molar-refractivity contribution in [2.24, 2.45) is 0 Å². The van der Waals surface area contributed by atoms with E-state index in [4.69, 9.17) is 4.52 Å². The summed E-state index contributed by atoms with van der Waals surface area (Å²) >= 11 is 0. The SMILES string of the molecule is Cc1cccc(CN2CC(c3nc(C)no3)CC2=O)c1. The summed E-state index contributed by atoms with van der Waals surface area (Å²) in [6.07, 6.45) is 0.452. The first kappa shape index (κ1) is 12.8. The number of benzene rings is 1. The van der Waals surface area contributed by atoms with Crippen LogP contribution < -0.4 is 0 Å². The molecule has 1 aliphatic rings. The second kappa shape index (κ2) is 5.07. The number of hydrogen-bond acceptors (Lipinski definition) is 4. The van der Waals surface area contributed by atoms with Gasteiger partial charge in [0, 0.05) is 19.5 Å². The van der Waals surface area contributed by atoms with E-state index in [1.807, 2.05) is 17.0 Å². The number of nitrogens with zero attached hydrogens (tertiary/aromatic N) is 3. The van der Waals surface area contributed by atoms with Gasteiger partial charge in [-0.05, 0) is 19.4 Å². The molecular weight excluding hydrogens is 254 g/mol. The van der Waals surface area contributed by atoms with Crippen LogP contribution in [0.1, 0.15) is 35.2 Å². The van der Waals surface area contributed by atoms with E-state index < -0.39 is 0 Å². The van der Waals surface area contributed by atoms with Crippen LogP contribution in [0.4, 0.5) is 0 Å². The lowest BCUT2D eigenvalue weighted by atomic mass is 10.1. The summed E-state index contributed by atoms with van der Waals surface area (Å²) in [6, 6.07) is 8.23. The van der Waals surface area contributed by atoms with Gasteiger partial charge in [0.05, 0.1) is 5.92 Å². The van der Waals surface area contributed by atoms with Crippen LogP contribution in [0, 0.1) is 13.8 Å². The summed E-state index contributed by atoms with van der Waals surface area (Å²) in [6.45, 7) is 5.13. The van der Waals surface area contributed by atoms with Crippen molar-refractivity contribution in [1.82, 2.24) is 15.0 Å². The molecule has 2 heterocycles. The maximum Gasteiger partial charge on any atom is 0.232 e. The van der Waals surface area contributed by atoms with Crippen molar-refractivity contribution in [2.45, 2.75) is 32.7 Å². The number of carbonyl (C=O) groups excluding carboxylic acids is 1. The Morgan fingerprint density at radius 3 is 2.95 bits per heavy atom. The molecule has 1 fully saturated rings. The Morgan fingerprint density at radius 1 is 1.40 bits per heavy atom. The fourth-order valence-electron chi connectivity index (χ4n) is 2.60. The van der Waals surface area contributed by atoms with Crippen LogP contribution in [0.5, 0.6) is 0 Å². The molecule has 1 amide bonds. The molecule has 5 heteroatoms. The Kier molecular flexibility index (Phi) is 3.26. The quantitative estimate of drug-likeness (QED) is 0.858. The van der Waals surface area contributed by atoms with Gasteiger partial charge in [0.15, 0.2) is 5.82 Å². The van der Waals surface area contributed by atoms with Gasteiger partial charge in [-0.1, -0.05) is 35.0 Å². The number of rotatable bonds is 3. The lowest BCUT2D eigenvalue weighted by Crippen LogP contribution is -2.24. The number of aryl methyl sites for hydroxylation is 2. The van der Waals surface area contributed by atoms with E-state index in [1.165, 1.54) is 5.56 Å². The second-order valence-electron chi connectivity index (χ2n) is 5.34. The van der Waals surface area contributed by atoms with Gasteiger partial charge in [-0.3, -0.25) is 4.79 Å². The van der Waals surface area contributed by atoms with E-state index in [2.05, 4.69) is 29.2 Å². The van der Waals surface area contributed by atoms with Crippen LogP contribution >= 0.6 is 0 Å². The number of aromatic nitrogens is 2. The molecule has 1 unspecified atom stereocenters. The predicted octanol–water partition coefficient (Wildman–Crippen LogP) is 2.20. The fourth-order valence-corrected chi connectivity index (χ4v) is 2.60. The van der Waals surface area contributed by atoms with Gasteiger partial charge < -0.3 is 9.42 Å². The maximum atomic E-state index is 12.1. The molecule has 1 saturated heterocycles. The minimum absolute atomic E-state index is 0.0218. The smallest absolute Gasteiger partial charge is 0.232 e. The molecule has 5 nitrogen and oxygen atoms in total. The standard InChI is InChI=1S/C15H17N3O2/c1-10-4-3-5-12(6-10)8-18-9-13(7-14(18)19)15-16-11(2)17-20-15/h3-6,13H,7-9H2,1-2H3. The van der Waals surface area contributed by atoms with E-state index in [1.54, 1.807) is 6.92 Å². The highest BCUT2D eigenvalue weighted by molar-refractivity contribution is 5.79. The largest absolute Gasteiger partial charge is 0.339 e. The zero-order valence-electron chi connectivity index (χ0n) is 11.7. The molecule has 2 aromatic rings. The van der Waals surface area contributed by atoms with Crippen molar-refractivity contribution in [1.29, 1.82) is 0 Å². The van der Waals surface area contributed by atoms with Gasteiger partial charge in [0.25, 0.3) is 0 Å². The number of likely N-dealkylation sites (tertiary alicyclic amines) is 1. The van der Waals surface area contributed by atoms with Crippen LogP contribution in [0.25, 0.3) is 0 Å². The maximum absolute atomic E-state index is 12.1. The van der Waals surface area contributed by atoms with Crippen molar-refractivity contribution in [3.63, 3.8) is 0 Å². The van der Waals surface area contributed by atoms with E-state index >= 15 is 0 Å². The first-order valence-corrected chi connectivity index (χ1v) is 6.75. The van der Waals surface area contributed by atoms with Crippen LogP contribution in [0.15, 0.2) is 28.8 Å². The molecule has 1 aliphatic heterocycles. The van der Waals surface area contributed by atoms with Crippen LogP contribution in [0.2, 0.25) is 0 Å². The summed E-state index contributed by atoms with van der Waals surface area (Å²) in [7, 11) is 0. The highest BCUT2D eigenvalue weighted by Crippen LogP contribution is 2.28. The van der Waals surface area contributed by atoms with Crippen LogP contribution in [0.3, 0.4) is 0 Å². The van der Waals surface area contributed by atoms with Crippen molar-refractivity contribution < 1.29 is 9.32 Å². The zero-order valence-corrected chi connectivity index (χ0v) is 11.7. The molecule has 1 aromatic carbocycles. The molecule has 1 atom stereocenters. The van der Waals surface area contributed by atoms with Gasteiger partial charge in [-0.25, -0.2) is 0 Å². The summed E-state index contributed by atoms with van der Waals surface area (Å²) < 4.78 is 5.17. The van der Waals surface area contributed by atoms with Gasteiger partial charge in [0.2, 0.25) is 11.8 Å². The average molecular weight is 271 g/mol. The Hall–Kier alpha value is -2.17. The minimum Gasteiger partial charge on any atom is -0.339 e. The van der Waals surface area contributed by atoms with Crippen LogP contribution in [-0.4, -0.2) is 27.5 Å². The topological polar surface area (TPSA) is 59.2 Å². The van der Waals surface area contributed by atoms with Crippen molar-refractivity contribution in [3.8, 4) is 0 Å². The van der Waals surface area contributed by atoms with E-state index in [0.29, 0.717) is 31.2 Å². The summed E-state index contributed by atoms with van der Waals surface area (Å²) in [4.78, 5) is 18.2. The van der Waals surface area contributed by atoms with E-state index in [9.17, 15) is 4.79 Å². The molecule has 1 aromatic heterocycles. The molecule has 0 saturated carbocycles. The molecule has 0 aliphatic carbocycles. The molecule has 104 valence electrons.